The third-order valence-electron chi connectivity index (χ3n) is 2.52. The van der Waals surface area contributed by atoms with E-state index >= 15 is 0 Å². The summed E-state index contributed by atoms with van der Waals surface area (Å²) in [5, 5.41) is 9.31. The van der Waals surface area contributed by atoms with Crippen LogP contribution in [0.3, 0.4) is 0 Å². The molecule has 0 heterocycles. The molecule has 2 aromatic carbocycles. The Kier molecular flexibility index (Phi) is 3.92. The van der Waals surface area contributed by atoms with Crippen LogP contribution in [0.25, 0.3) is 0 Å². The van der Waals surface area contributed by atoms with Crippen molar-refractivity contribution in [2.75, 3.05) is 5.73 Å². The molecule has 5 heteroatoms. The Morgan fingerprint density at radius 2 is 1.95 bits per heavy atom. The van der Waals surface area contributed by atoms with E-state index in [0.29, 0.717) is 0 Å². The first-order chi connectivity index (χ1) is 9.08. The number of carboxylic acids is 1. The summed E-state index contributed by atoms with van der Waals surface area (Å²) < 4.78 is 5.50. The Morgan fingerprint density at radius 1 is 1.26 bits per heavy atom. The van der Waals surface area contributed by atoms with Gasteiger partial charge in [0.05, 0.1) is 5.02 Å². The highest BCUT2D eigenvalue weighted by Gasteiger charge is 2.16. The molecule has 0 unspecified atom stereocenters. The highest BCUT2D eigenvalue weighted by Crippen LogP contribution is 2.32. The SMILES string of the molecule is Nc1cc(Cl)c(OCc2ccccc2)c(C(=O)O)c1. The van der Waals surface area contributed by atoms with Gasteiger partial charge in [0.15, 0.2) is 5.75 Å². The topological polar surface area (TPSA) is 72.5 Å². The van der Waals surface area contributed by atoms with Gasteiger partial charge in [-0.15, -0.1) is 0 Å². The van der Waals surface area contributed by atoms with Crippen LogP contribution in [0.1, 0.15) is 15.9 Å². The lowest BCUT2D eigenvalue weighted by molar-refractivity contribution is 0.0692. The van der Waals surface area contributed by atoms with E-state index in [0.717, 1.165) is 5.56 Å². The molecule has 2 rings (SSSR count). The summed E-state index contributed by atoms with van der Waals surface area (Å²) >= 11 is 5.98. The Labute approximate surface area is 115 Å². The van der Waals surface area contributed by atoms with Crippen LogP contribution in [0.4, 0.5) is 5.69 Å². The van der Waals surface area contributed by atoms with Crippen molar-refractivity contribution in [1.29, 1.82) is 0 Å². The maximum atomic E-state index is 11.1. The monoisotopic (exact) mass is 277 g/mol. The zero-order chi connectivity index (χ0) is 13.8. The van der Waals surface area contributed by atoms with Crippen molar-refractivity contribution in [3.8, 4) is 5.75 Å². The number of hydrogen-bond donors (Lipinski definition) is 2. The number of nitrogen functional groups attached to an aromatic ring is 1. The lowest BCUT2D eigenvalue weighted by Gasteiger charge is -2.11. The minimum Gasteiger partial charge on any atom is -0.486 e. The van der Waals surface area contributed by atoms with Gasteiger partial charge in [0.25, 0.3) is 0 Å². The molecule has 19 heavy (non-hydrogen) atoms. The zero-order valence-corrected chi connectivity index (χ0v) is 10.7. The van der Waals surface area contributed by atoms with E-state index in [1.807, 2.05) is 30.3 Å². The summed E-state index contributed by atoms with van der Waals surface area (Å²) in [6.45, 7) is 0.241. The fourth-order valence-corrected chi connectivity index (χ4v) is 1.93. The van der Waals surface area contributed by atoms with Crippen LogP contribution in [0, 0.1) is 0 Å². The van der Waals surface area contributed by atoms with E-state index < -0.39 is 5.97 Å². The number of rotatable bonds is 4. The smallest absolute Gasteiger partial charge is 0.339 e. The molecule has 4 nitrogen and oxygen atoms in total. The fourth-order valence-electron chi connectivity index (χ4n) is 1.65. The highest BCUT2D eigenvalue weighted by molar-refractivity contribution is 6.33. The van der Waals surface area contributed by atoms with Crippen molar-refractivity contribution in [3.05, 3.63) is 58.6 Å². The van der Waals surface area contributed by atoms with Gasteiger partial charge in [-0.2, -0.15) is 0 Å². The van der Waals surface area contributed by atoms with Crippen LogP contribution >= 0.6 is 11.6 Å². The third kappa shape index (κ3) is 3.17. The van der Waals surface area contributed by atoms with E-state index in [-0.39, 0.29) is 28.6 Å². The largest absolute Gasteiger partial charge is 0.486 e. The molecule has 0 bridgehead atoms. The Morgan fingerprint density at radius 3 is 2.58 bits per heavy atom. The standard InChI is InChI=1S/C14H12ClNO3/c15-12-7-10(16)6-11(14(17)18)13(12)19-8-9-4-2-1-3-5-9/h1-7H,8,16H2,(H,17,18). The summed E-state index contributed by atoms with van der Waals surface area (Å²) in [6.07, 6.45) is 0. The second-order valence-electron chi connectivity index (χ2n) is 3.96. The van der Waals surface area contributed by atoms with Crippen LogP contribution in [-0.4, -0.2) is 11.1 Å². The lowest BCUT2D eigenvalue weighted by Crippen LogP contribution is -2.05. The van der Waals surface area contributed by atoms with Crippen LogP contribution in [0.5, 0.6) is 5.75 Å². The summed E-state index contributed by atoms with van der Waals surface area (Å²) in [5.74, 6) is -0.996. The van der Waals surface area contributed by atoms with Crippen molar-refractivity contribution in [1.82, 2.24) is 0 Å². The van der Waals surface area contributed by atoms with Gasteiger partial charge in [0.1, 0.15) is 12.2 Å². The van der Waals surface area contributed by atoms with Gasteiger partial charge in [-0.3, -0.25) is 0 Å². The first-order valence-corrected chi connectivity index (χ1v) is 5.95. The number of anilines is 1. The molecule has 0 atom stereocenters. The van der Waals surface area contributed by atoms with E-state index in [9.17, 15) is 4.79 Å². The molecule has 0 fully saturated rings. The predicted octanol–water partition coefficient (Wildman–Crippen LogP) is 3.20. The molecule has 0 radical (unpaired) electrons. The number of nitrogens with two attached hydrogens (primary N) is 1. The summed E-state index contributed by atoms with van der Waals surface area (Å²) in [5.41, 5.74) is 6.74. The molecule has 0 aliphatic heterocycles. The molecule has 0 amide bonds. The van der Waals surface area contributed by atoms with E-state index in [1.165, 1.54) is 12.1 Å². The van der Waals surface area contributed by atoms with E-state index in [4.69, 9.17) is 27.2 Å². The quantitative estimate of drug-likeness (QED) is 0.842. The maximum Gasteiger partial charge on any atom is 0.339 e. The number of ether oxygens (including phenoxy) is 1. The van der Waals surface area contributed by atoms with Crippen LogP contribution in [-0.2, 0) is 6.61 Å². The predicted molar refractivity (Wildman–Crippen MR) is 73.6 cm³/mol. The average molecular weight is 278 g/mol. The van der Waals surface area contributed by atoms with Gasteiger partial charge < -0.3 is 15.6 Å². The Balaban J connectivity index is 2.27. The number of carbonyl (C=O) groups is 1. The molecular weight excluding hydrogens is 266 g/mol. The van der Waals surface area contributed by atoms with Crippen molar-refractivity contribution in [2.24, 2.45) is 0 Å². The molecule has 2 aromatic rings. The van der Waals surface area contributed by atoms with Gasteiger partial charge in [-0.05, 0) is 17.7 Å². The van der Waals surface area contributed by atoms with Gasteiger partial charge in [0.2, 0.25) is 0 Å². The number of carboxylic acid groups (broad SMARTS) is 1. The normalized spacial score (nSPS) is 10.2. The van der Waals surface area contributed by atoms with Crippen molar-refractivity contribution in [2.45, 2.75) is 6.61 Å². The first-order valence-electron chi connectivity index (χ1n) is 5.57. The van der Waals surface area contributed by atoms with E-state index in [1.54, 1.807) is 0 Å². The van der Waals surface area contributed by atoms with Crippen molar-refractivity contribution < 1.29 is 14.6 Å². The van der Waals surface area contributed by atoms with Gasteiger partial charge in [0, 0.05) is 5.69 Å². The van der Waals surface area contributed by atoms with Crippen molar-refractivity contribution in [3.63, 3.8) is 0 Å². The zero-order valence-electron chi connectivity index (χ0n) is 9.97. The Bertz CT molecular complexity index is 599. The second-order valence-corrected chi connectivity index (χ2v) is 4.37. The number of hydrogen-bond acceptors (Lipinski definition) is 3. The average Bonchev–Trinajstić information content (AvgIpc) is 2.38. The summed E-state index contributed by atoms with van der Waals surface area (Å²) in [4.78, 5) is 11.1. The van der Waals surface area contributed by atoms with Crippen LogP contribution < -0.4 is 10.5 Å². The Hall–Kier alpha value is -2.20. The highest BCUT2D eigenvalue weighted by atomic mass is 35.5. The lowest BCUT2D eigenvalue weighted by atomic mass is 10.1. The maximum absolute atomic E-state index is 11.1. The molecule has 3 N–H and O–H groups in total. The van der Waals surface area contributed by atoms with Gasteiger partial charge in [-0.1, -0.05) is 41.9 Å². The molecule has 0 aliphatic carbocycles. The van der Waals surface area contributed by atoms with Crippen LogP contribution in [0.15, 0.2) is 42.5 Å². The summed E-state index contributed by atoms with van der Waals surface area (Å²) in [7, 11) is 0. The van der Waals surface area contributed by atoms with Crippen molar-refractivity contribution >= 4 is 23.3 Å². The number of benzene rings is 2. The minimum atomic E-state index is -1.13. The van der Waals surface area contributed by atoms with Gasteiger partial charge >= 0.3 is 5.97 Å². The molecule has 0 aromatic heterocycles. The minimum absolute atomic E-state index is 0.0408. The summed E-state index contributed by atoms with van der Waals surface area (Å²) in [6, 6.07) is 12.2. The third-order valence-corrected chi connectivity index (χ3v) is 2.80. The fraction of sp³-hybridized carbons (Fsp3) is 0.0714. The molecule has 98 valence electrons. The number of aromatic carboxylic acids is 1. The second kappa shape index (κ2) is 5.63. The molecule has 0 saturated heterocycles. The van der Waals surface area contributed by atoms with Gasteiger partial charge in [-0.25, -0.2) is 4.79 Å². The molecular formula is C14H12ClNO3. The molecule has 0 spiro atoms. The number of halogens is 1. The first kappa shape index (κ1) is 13.2. The van der Waals surface area contributed by atoms with E-state index in [2.05, 4.69) is 0 Å². The molecule has 0 aliphatic rings. The molecule has 0 saturated carbocycles. The van der Waals surface area contributed by atoms with Crippen LogP contribution in [0.2, 0.25) is 5.02 Å².